The first kappa shape index (κ1) is 17.3. The van der Waals surface area contributed by atoms with Crippen LogP contribution in [0.15, 0.2) is 58.1 Å². The number of hydrogen-bond acceptors (Lipinski definition) is 6. The number of carbonyl (C=O) groups excluding carboxylic acids is 2. The number of amides is 2. The van der Waals surface area contributed by atoms with Crippen molar-refractivity contribution >= 4 is 23.7 Å². The highest BCUT2D eigenvalue weighted by atomic mass is 16.6. The van der Waals surface area contributed by atoms with Crippen LogP contribution in [0, 0.1) is 45.6 Å². The molecule has 5 aliphatic rings. The maximum absolute atomic E-state index is 12.9. The van der Waals surface area contributed by atoms with Crippen LogP contribution in [0.4, 0.5) is 5.69 Å². The summed E-state index contributed by atoms with van der Waals surface area (Å²) in [5.41, 5.74) is 0.286. The summed E-state index contributed by atoms with van der Waals surface area (Å²) in [5.74, 6) is 0.924. The summed E-state index contributed by atoms with van der Waals surface area (Å²) in [6, 6.07) is 9.49. The molecule has 2 saturated carbocycles. The third-order valence-electron chi connectivity index (χ3n) is 6.93. The van der Waals surface area contributed by atoms with Gasteiger partial charge in [-0.2, -0.15) is 10.1 Å². The number of allylic oxidation sites excluding steroid dienone is 2. The lowest BCUT2D eigenvalue weighted by Gasteiger charge is -2.37. The molecule has 4 aliphatic carbocycles. The van der Waals surface area contributed by atoms with Crippen LogP contribution in [0.3, 0.4) is 0 Å². The maximum Gasteiger partial charge on any atom is 0.280 e. The van der Waals surface area contributed by atoms with Crippen LogP contribution >= 0.6 is 0 Å². The van der Waals surface area contributed by atoms with Crippen LogP contribution in [-0.2, 0) is 9.59 Å². The Kier molecular flexibility index (Phi) is 3.45. The number of para-hydroxylation sites is 1. The Morgan fingerprint density at radius 2 is 1.70 bits per heavy atom. The van der Waals surface area contributed by atoms with Crippen molar-refractivity contribution in [1.82, 2.24) is 5.01 Å². The van der Waals surface area contributed by atoms with Gasteiger partial charge in [-0.05, 0) is 48.3 Å². The predicted octanol–water partition coefficient (Wildman–Crippen LogP) is 3.24. The van der Waals surface area contributed by atoms with Crippen LogP contribution in [0.1, 0.15) is 12.2 Å². The lowest BCUT2D eigenvalue weighted by molar-refractivity contribution is -0.384. The van der Waals surface area contributed by atoms with E-state index in [2.05, 4.69) is 17.3 Å². The molecule has 0 unspecified atom stereocenters. The predicted molar refractivity (Wildman–Crippen MR) is 105 cm³/mol. The highest BCUT2D eigenvalue weighted by Gasteiger charge is 2.67. The molecule has 6 atom stereocenters. The third kappa shape index (κ3) is 2.30. The van der Waals surface area contributed by atoms with Gasteiger partial charge in [0.2, 0.25) is 0 Å². The fourth-order valence-electron chi connectivity index (χ4n) is 5.58. The number of carbonyl (C=O) groups is 2. The van der Waals surface area contributed by atoms with Crippen molar-refractivity contribution in [1.29, 1.82) is 0 Å². The Hall–Kier alpha value is -3.55. The molecule has 2 bridgehead atoms. The van der Waals surface area contributed by atoms with Crippen molar-refractivity contribution in [3.05, 3.63) is 64.4 Å². The molecule has 1 aromatic heterocycles. The van der Waals surface area contributed by atoms with Gasteiger partial charge in [-0.25, -0.2) is 0 Å². The number of benzene rings is 1. The van der Waals surface area contributed by atoms with E-state index < -0.39 is 4.92 Å². The summed E-state index contributed by atoms with van der Waals surface area (Å²) in [5, 5.41) is 16.4. The fraction of sp³-hybridized carbons (Fsp3) is 0.318. The standard InChI is InChI=1S/C22H17N3O5/c26-21-19-12-6-7-13(16-9-15(12)16)20(19)22(27)24(21)23-10-11-5-8-18(30-11)14-3-1-2-4-17(14)25(28)29/h1-8,10,12-13,15-16,19-20H,9H2/b23-10-/t12-,13+,15+,16-,19+,20-. The zero-order valence-corrected chi connectivity index (χ0v) is 15.8. The van der Waals surface area contributed by atoms with E-state index in [4.69, 9.17) is 4.42 Å². The van der Waals surface area contributed by atoms with Gasteiger partial charge in [0.15, 0.2) is 0 Å². The Labute approximate surface area is 171 Å². The SMILES string of the molecule is O=C1[C@@H]2[C@H]3C=C[C@H]([C@@H]4C[C@H]34)[C@@H]2C(=O)N1/N=C\c1ccc(-c2ccccc2[N+](=O)[O-])o1. The normalized spacial score (nSPS) is 33.3. The molecule has 0 spiro atoms. The van der Waals surface area contributed by atoms with Gasteiger partial charge in [0.05, 0.1) is 28.5 Å². The largest absolute Gasteiger partial charge is 0.455 e. The van der Waals surface area contributed by atoms with E-state index in [1.165, 1.54) is 12.3 Å². The van der Waals surface area contributed by atoms with E-state index in [0.29, 0.717) is 28.9 Å². The quantitative estimate of drug-likeness (QED) is 0.256. The van der Waals surface area contributed by atoms with Crippen LogP contribution in [-0.4, -0.2) is 28.0 Å². The van der Waals surface area contributed by atoms with E-state index in [9.17, 15) is 19.7 Å². The molecule has 2 amide bonds. The molecule has 1 saturated heterocycles. The van der Waals surface area contributed by atoms with Crippen molar-refractivity contribution in [3.8, 4) is 11.3 Å². The van der Waals surface area contributed by atoms with E-state index in [1.54, 1.807) is 30.3 Å². The average molecular weight is 403 g/mol. The summed E-state index contributed by atoms with van der Waals surface area (Å²) in [6.45, 7) is 0. The average Bonchev–Trinajstić information content (AvgIpc) is 3.39. The molecule has 0 N–H and O–H groups in total. The number of hydrogen-bond donors (Lipinski definition) is 0. The topological polar surface area (TPSA) is 106 Å². The van der Waals surface area contributed by atoms with E-state index in [1.807, 2.05) is 0 Å². The fourth-order valence-corrected chi connectivity index (χ4v) is 5.58. The van der Waals surface area contributed by atoms with Crippen LogP contribution in [0.25, 0.3) is 11.3 Å². The van der Waals surface area contributed by atoms with Gasteiger partial charge in [-0.1, -0.05) is 24.3 Å². The summed E-state index contributed by atoms with van der Waals surface area (Å²) in [7, 11) is 0. The minimum Gasteiger partial charge on any atom is -0.455 e. The number of nitro groups is 1. The number of nitrogens with zero attached hydrogens (tertiary/aromatic N) is 3. The monoisotopic (exact) mass is 403 g/mol. The van der Waals surface area contributed by atoms with Crippen LogP contribution < -0.4 is 0 Å². The van der Waals surface area contributed by atoms with Crippen LogP contribution in [0.5, 0.6) is 0 Å². The first-order chi connectivity index (χ1) is 14.5. The number of furan rings is 1. The van der Waals surface area contributed by atoms with Crippen molar-refractivity contribution in [2.24, 2.45) is 40.6 Å². The molecule has 1 aliphatic heterocycles. The van der Waals surface area contributed by atoms with E-state index in [0.717, 1.165) is 11.4 Å². The van der Waals surface area contributed by atoms with Crippen LogP contribution in [0.2, 0.25) is 0 Å². The van der Waals surface area contributed by atoms with Gasteiger partial charge >= 0.3 is 0 Å². The summed E-state index contributed by atoms with van der Waals surface area (Å²) in [4.78, 5) is 36.6. The minimum absolute atomic E-state index is 0.0640. The van der Waals surface area contributed by atoms with Gasteiger partial charge < -0.3 is 4.42 Å². The van der Waals surface area contributed by atoms with E-state index in [-0.39, 0.29) is 41.2 Å². The lowest BCUT2D eigenvalue weighted by atomic mass is 9.63. The molecular weight excluding hydrogens is 386 g/mol. The van der Waals surface area contributed by atoms with Gasteiger partial charge in [-0.15, -0.1) is 0 Å². The van der Waals surface area contributed by atoms with Gasteiger partial charge in [0.25, 0.3) is 17.5 Å². The second kappa shape index (κ2) is 5.98. The van der Waals surface area contributed by atoms with Crippen molar-refractivity contribution in [2.75, 3.05) is 0 Å². The first-order valence-corrected chi connectivity index (χ1v) is 9.98. The van der Waals surface area contributed by atoms with Gasteiger partial charge in [0, 0.05) is 6.07 Å². The lowest BCUT2D eigenvalue weighted by Crippen LogP contribution is -2.40. The number of rotatable bonds is 4. The zero-order valence-electron chi connectivity index (χ0n) is 15.8. The second-order valence-electron chi connectivity index (χ2n) is 8.36. The number of imide groups is 1. The molecule has 0 radical (unpaired) electrons. The molecule has 3 fully saturated rings. The van der Waals surface area contributed by atoms with Gasteiger partial charge in [0.1, 0.15) is 11.5 Å². The molecule has 7 rings (SSSR count). The Balaban J connectivity index is 1.26. The van der Waals surface area contributed by atoms with Crippen molar-refractivity contribution in [3.63, 3.8) is 0 Å². The summed E-state index contributed by atoms with van der Waals surface area (Å²) < 4.78 is 5.67. The summed E-state index contributed by atoms with van der Waals surface area (Å²) >= 11 is 0. The number of hydrazone groups is 1. The Morgan fingerprint density at radius 3 is 2.37 bits per heavy atom. The van der Waals surface area contributed by atoms with E-state index >= 15 is 0 Å². The highest BCUT2D eigenvalue weighted by molar-refractivity contribution is 6.06. The third-order valence-corrected chi connectivity index (χ3v) is 6.93. The molecule has 150 valence electrons. The number of nitro benzene ring substituents is 1. The molecule has 2 heterocycles. The highest BCUT2D eigenvalue weighted by Crippen LogP contribution is 2.65. The maximum atomic E-state index is 12.9. The minimum atomic E-state index is -0.470. The van der Waals surface area contributed by atoms with Gasteiger partial charge in [-0.3, -0.25) is 19.7 Å². The molecule has 1 aromatic carbocycles. The smallest absolute Gasteiger partial charge is 0.280 e. The Morgan fingerprint density at radius 1 is 1.03 bits per heavy atom. The Bertz CT molecular complexity index is 1130. The molecule has 8 heteroatoms. The first-order valence-electron chi connectivity index (χ1n) is 9.98. The molecular formula is C22H17N3O5. The molecule has 2 aromatic rings. The molecule has 8 nitrogen and oxygen atoms in total. The summed E-state index contributed by atoms with van der Waals surface area (Å²) in [6.07, 6.45) is 6.66. The van der Waals surface area contributed by atoms with Crippen molar-refractivity contribution in [2.45, 2.75) is 6.42 Å². The molecule has 30 heavy (non-hydrogen) atoms. The second-order valence-corrected chi connectivity index (χ2v) is 8.36. The van der Waals surface area contributed by atoms with Crippen molar-refractivity contribution < 1.29 is 18.9 Å². The zero-order chi connectivity index (χ0) is 20.6.